The van der Waals surface area contributed by atoms with Crippen LogP contribution in [0.15, 0.2) is 65.6 Å². The van der Waals surface area contributed by atoms with Gasteiger partial charge in [0.2, 0.25) is 21.8 Å². The SMILES string of the molecule is C[C@@H](C(=O)NC(C)(C)C)N(CCc1ccccc1)C(=O)CCCN(C)S(=O)(=O)c1ccccc1. The molecule has 7 nitrogen and oxygen atoms in total. The van der Waals surface area contributed by atoms with Crippen molar-refractivity contribution < 1.29 is 18.0 Å². The molecule has 0 saturated carbocycles. The molecule has 2 aromatic carbocycles. The highest BCUT2D eigenvalue weighted by Crippen LogP contribution is 2.15. The number of nitrogens with one attached hydrogen (secondary N) is 1. The van der Waals surface area contributed by atoms with Crippen LogP contribution in [0.25, 0.3) is 0 Å². The summed E-state index contributed by atoms with van der Waals surface area (Å²) < 4.78 is 26.7. The maximum atomic E-state index is 13.2. The van der Waals surface area contributed by atoms with Crippen molar-refractivity contribution in [2.24, 2.45) is 0 Å². The molecule has 2 rings (SSSR count). The maximum absolute atomic E-state index is 13.2. The summed E-state index contributed by atoms with van der Waals surface area (Å²) in [5, 5.41) is 2.94. The molecular weight excluding hydrogens is 450 g/mol. The first-order valence-corrected chi connectivity index (χ1v) is 13.0. The van der Waals surface area contributed by atoms with Crippen molar-refractivity contribution in [1.29, 1.82) is 0 Å². The largest absolute Gasteiger partial charge is 0.350 e. The summed E-state index contributed by atoms with van der Waals surface area (Å²) in [6.07, 6.45) is 1.13. The van der Waals surface area contributed by atoms with Crippen molar-refractivity contribution in [1.82, 2.24) is 14.5 Å². The number of amides is 2. The molecule has 0 aliphatic rings. The number of sulfonamides is 1. The first kappa shape index (κ1) is 27.5. The van der Waals surface area contributed by atoms with Crippen LogP contribution in [-0.4, -0.2) is 61.2 Å². The van der Waals surface area contributed by atoms with Crippen LogP contribution in [0, 0.1) is 0 Å². The van der Waals surface area contributed by atoms with Crippen molar-refractivity contribution >= 4 is 21.8 Å². The fraction of sp³-hybridized carbons (Fsp3) is 0.462. The molecule has 0 bridgehead atoms. The van der Waals surface area contributed by atoms with Gasteiger partial charge in [-0.05, 0) is 58.2 Å². The van der Waals surface area contributed by atoms with Crippen LogP contribution in [0.3, 0.4) is 0 Å². The molecular formula is C26H37N3O4S. The number of hydrogen-bond acceptors (Lipinski definition) is 4. The van der Waals surface area contributed by atoms with Crippen LogP contribution in [0.1, 0.15) is 46.1 Å². The van der Waals surface area contributed by atoms with Crippen molar-refractivity contribution in [3.8, 4) is 0 Å². The summed E-state index contributed by atoms with van der Waals surface area (Å²) >= 11 is 0. The summed E-state index contributed by atoms with van der Waals surface area (Å²) in [7, 11) is -2.10. The first-order chi connectivity index (χ1) is 15.9. The van der Waals surface area contributed by atoms with Crippen molar-refractivity contribution in [3.05, 3.63) is 66.2 Å². The molecule has 34 heavy (non-hydrogen) atoms. The Morgan fingerprint density at radius 3 is 2.06 bits per heavy atom. The van der Waals surface area contributed by atoms with Gasteiger partial charge in [0.15, 0.2) is 0 Å². The molecule has 0 aliphatic heterocycles. The van der Waals surface area contributed by atoms with Crippen LogP contribution in [0.2, 0.25) is 0 Å². The van der Waals surface area contributed by atoms with E-state index < -0.39 is 21.6 Å². The Hall–Kier alpha value is -2.71. The van der Waals surface area contributed by atoms with Gasteiger partial charge in [-0.2, -0.15) is 0 Å². The lowest BCUT2D eigenvalue weighted by Gasteiger charge is -2.31. The Bertz CT molecular complexity index is 1030. The summed E-state index contributed by atoms with van der Waals surface area (Å²) in [6, 6.07) is 17.4. The molecule has 8 heteroatoms. The second-order valence-corrected chi connectivity index (χ2v) is 11.5. The summed E-state index contributed by atoms with van der Waals surface area (Å²) in [6.45, 7) is 8.04. The highest BCUT2D eigenvalue weighted by Gasteiger charge is 2.28. The zero-order chi connectivity index (χ0) is 25.4. The molecule has 186 valence electrons. The van der Waals surface area contributed by atoms with Crippen LogP contribution in [-0.2, 0) is 26.0 Å². The van der Waals surface area contributed by atoms with E-state index >= 15 is 0 Å². The molecule has 0 saturated heterocycles. The fourth-order valence-corrected chi connectivity index (χ4v) is 4.76. The number of carbonyl (C=O) groups excluding carboxylic acids is 2. The number of hydrogen-bond donors (Lipinski definition) is 1. The lowest BCUT2D eigenvalue weighted by atomic mass is 10.1. The Kier molecular flexibility index (Phi) is 9.82. The van der Waals surface area contributed by atoms with E-state index in [1.165, 1.54) is 11.4 Å². The number of nitrogens with zero attached hydrogens (tertiary/aromatic N) is 2. The molecule has 0 fully saturated rings. The van der Waals surface area contributed by atoms with Crippen LogP contribution < -0.4 is 5.32 Å². The molecule has 0 aromatic heterocycles. The van der Waals surface area contributed by atoms with Gasteiger partial charge < -0.3 is 10.2 Å². The second kappa shape index (κ2) is 12.1. The molecule has 0 spiro atoms. The predicted molar refractivity (Wildman–Crippen MR) is 135 cm³/mol. The highest BCUT2D eigenvalue weighted by atomic mass is 32.2. The van der Waals surface area contributed by atoms with E-state index in [1.807, 2.05) is 51.1 Å². The Morgan fingerprint density at radius 2 is 1.50 bits per heavy atom. The van der Waals surface area contributed by atoms with Crippen LogP contribution >= 0.6 is 0 Å². The van der Waals surface area contributed by atoms with E-state index in [0.717, 1.165) is 5.56 Å². The Balaban J connectivity index is 2.04. The van der Waals surface area contributed by atoms with E-state index in [1.54, 1.807) is 42.2 Å². The second-order valence-electron chi connectivity index (χ2n) is 9.48. The lowest BCUT2D eigenvalue weighted by molar-refractivity contribution is -0.140. The maximum Gasteiger partial charge on any atom is 0.242 e. The van der Waals surface area contributed by atoms with E-state index in [-0.39, 0.29) is 29.7 Å². The van der Waals surface area contributed by atoms with E-state index in [4.69, 9.17) is 0 Å². The molecule has 0 radical (unpaired) electrons. The quantitative estimate of drug-likeness (QED) is 0.526. The minimum Gasteiger partial charge on any atom is -0.350 e. The third kappa shape index (κ3) is 8.25. The van der Waals surface area contributed by atoms with Gasteiger partial charge in [-0.15, -0.1) is 0 Å². The third-order valence-corrected chi connectivity index (χ3v) is 7.34. The minimum absolute atomic E-state index is 0.149. The van der Waals surface area contributed by atoms with Gasteiger partial charge in [-0.3, -0.25) is 9.59 Å². The van der Waals surface area contributed by atoms with Crippen molar-refractivity contribution in [2.45, 2.75) is 63.4 Å². The smallest absolute Gasteiger partial charge is 0.242 e. The van der Waals surface area contributed by atoms with Gasteiger partial charge in [0, 0.05) is 32.1 Å². The summed E-state index contributed by atoms with van der Waals surface area (Å²) in [5.74, 6) is -0.379. The van der Waals surface area contributed by atoms with Gasteiger partial charge in [-0.1, -0.05) is 48.5 Å². The average Bonchev–Trinajstić information content (AvgIpc) is 2.79. The number of rotatable bonds is 11. The zero-order valence-electron chi connectivity index (χ0n) is 20.8. The molecule has 0 aliphatic carbocycles. The molecule has 0 unspecified atom stereocenters. The summed E-state index contributed by atoms with van der Waals surface area (Å²) in [5.41, 5.74) is 0.672. The van der Waals surface area contributed by atoms with Gasteiger partial charge in [0.1, 0.15) is 6.04 Å². The fourth-order valence-electron chi connectivity index (χ4n) is 3.53. The van der Waals surface area contributed by atoms with Gasteiger partial charge in [-0.25, -0.2) is 12.7 Å². The predicted octanol–water partition coefficient (Wildman–Crippen LogP) is 3.46. The molecule has 2 aromatic rings. The molecule has 1 N–H and O–H groups in total. The lowest BCUT2D eigenvalue weighted by Crippen LogP contribution is -2.53. The molecule has 1 atom stereocenters. The third-order valence-electron chi connectivity index (χ3n) is 5.46. The van der Waals surface area contributed by atoms with Gasteiger partial charge in [0.05, 0.1) is 4.90 Å². The Morgan fingerprint density at radius 1 is 0.941 bits per heavy atom. The zero-order valence-corrected chi connectivity index (χ0v) is 21.6. The van der Waals surface area contributed by atoms with Crippen LogP contribution in [0.5, 0.6) is 0 Å². The first-order valence-electron chi connectivity index (χ1n) is 11.6. The van der Waals surface area contributed by atoms with Crippen molar-refractivity contribution in [2.75, 3.05) is 20.1 Å². The standard InChI is InChI=1S/C26H37N3O4S/c1-21(25(31)27-26(2,3)4)29(20-18-22-13-8-6-9-14-22)24(30)17-12-19-28(5)34(32,33)23-15-10-7-11-16-23/h6-11,13-16,21H,12,17-20H2,1-5H3,(H,27,31)/t21-/m0/s1. The highest BCUT2D eigenvalue weighted by molar-refractivity contribution is 7.89. The monoisotopic (exact) mass is 487 g/mol. The topological polar surface area (TPSA) is 86.8 Å². The van der Waals surface area contributed by atoms with E-state index in [0.29, 0.717) is 19.4 Å². The molecule has 0 heterocycles. The summed E-state index contributed by atoms with van der Waals surface area (Å²) in [4.78, 5) is 27.8. The van der Waals surface area contributed by atoms with E-state index in [9.17, 15) is 18.0 Å². The Labute approximate surface area is 204 Å². The van der Waals surface area contributed by atoms with Crippen LogP contribution in [0.4, 0.5) is 0 Å². The van der Waals surface area contributed by atoms with Crippen molar-refractivity contribution in [3.63, 3.8) is 0 Å². The van der Waals surface area contributed by atoms with Gasteiger partial charge in [0.25, 0.3) is 0 Å². The number of carbonyl (C=O) groups is 2. The number of benzene rings is 2. The normalized spacial score (nSPS) is 12.9. The minimum atomic E-state index is -3.61. The average molecular weight is 488 g/mol. The van der Waals surface area contributed by atoms with E-state index in [2.05, 4.69) is 5.32 Å². The molecule has 2 amide bonds. The van der Waals surface area contributed by atoms with Gasteiger partial charge >= 0.3 is 0 Å².